The Morgan fingerprint density at radius 1 is 1.07 bits per heavy atom. The molecule has 27 heavy (non-hydrogen) atoms. The van der Waals surface area contributed by atoms with E-state index in [0.717, 1.165) is 25.2 Å². The molecule has 0 aliphatic carbocycles. The third-order valence-corrected chi connectivity index (χ3v) is 4.13. The van der Waals surface area contributed by atoms with Crippen molar-refractivity contribution in [1.29, 1.82) is 0 Å². The van der Waals surface area contributed by atoms with Gasteiger partial charge in [-0.05, 0) is 42.9 Å². The summed E-state index contributed by atoms with van der Waals surface area (Å²) >= 11 is 0. The van der Waals surface area contributed by atoms with Crippen LogP contribution in [0.2, 0.25) is 0 Å². The summed E-state index contributed by atoms with van der Waals surface area (Å²) in [7, 11) is 0. The van der Waals surface area contributed by atoms with Crippen molar-refractivity contribution in [3.8, 4) is 0 Å². The molecule has 0 aliphatic rings. The second-order valence-corrected chi connectivity index (χ2v) is 5.95. The van der Waals surface area contributed by atoms with Gasteiger partial charge in [-0.2, -0.15) is 0 Å². The smallest absolute Gasteiger partial charge is 0.267 e. The summed E-state index contributed by atoms with van der Waals surface area (Å²) in [5, 5.41) is 5.59. The molecular weight excluding hydrogens is 340 g/mol. The van der Waals surface area contributed by atoms with Gasteiger partial charge in [0.05, 0.1) is 0 Å². The zero-order valence-electron chi connectivity index (χ0n) is 15.8. The number of pyridine rings is 1. The fraction of sp³-hybridized carbons (Fsp3) is 0.286. The fourth-order valence-electron chi connectivity index (χ4n) is 2.53. The Kier molecular flexibility index (Phi) is 8.19. The topological polar surface area (TPSA) is 74.3 Å². The molecule has 0 unspecified atom stereocenters. The van der Waals surface area contributed by atoms with Crippen molar-refractivity contribution in [3.05, 3.63) is 71.7 Å². The maximum absolute atomic E-state index is 12.6. The monoisotopic (exact) mass is 366 g/mol. The van der Waals surface area contributed by atoms with E-state index < -0.39 is 0 Å². The van der Waals surface area contributed by atoms with Crippen molar-refractivity contribution in [3.63, 3.8) is 0 Å². The van der Waals surface area contributed by atoms with E-state index in [9.17, 15) is 9.59 Å². The number of amides is 2. The third-order valence-electron chi connectivity index (χ3n) is 4.13. The molecule has 1 aromatic heterocycles. The summed E-state index contributed by atoms with van der Waals surface area (Å²) in [6.07, 6.45) is 4.92. The number of carbonyl (C=O) groups excluding carboxylic acids is 2. The zero-order valence-corrected chi connectivity index (χ0v) is 15.8. The molecule has 0 radical (unpaired) electrons. The standard InChI is InChI=1S/C21H26N4O2/c1-3-25(4-2)14-13-23-21(27)19(15-17-9-8-12-22-16-17)24-20(26)18-10-6-5-7-11-18/h5-12,15-16H,3-4,13-14H2,1-2H3,(H,23,27)(H,24,26)/b19-15-. The van der Waals surface area contributed by atoms with E-state index in [0.29, 0.717) is 12.1 Å². The number of benzene rings is 1. The van der Waals surface area contributed by atoms with Crippen LogP contribution in [0.5, 0.6) is 0 Å². The minimum absolute atomic E-state index is 0.191. The van der Waals surface area contributed by atoms with Crippen molar-refractivity contribution in [2.75, 3.05) is 26.2 Å². The van der Waals surface area contributed by atoms with E-state index in [1.54, 1.807) is 48.8 Å². The highest BCUT2D eigenvalue weighted by molar-refractivity contribution is 6.05. The van der Waals surface area contributed by atoms with Crippen molar-refractivity contribution in [1.82, 2.24) is 20.5 Å². The van der Waals surface area contributed by atoms with Crippen LogP contribution in [0.25, 0.3) is 6.08 Å². The number of aromatic nitrogens is 1. The van der Waals surface area contributed by atoms with Crippen molar-refractivity contribution >= 4 is 17.9 Å². The highest BCUT2D eigenvalue weighted by atomic mass is 16.2. The summed E-state index contributed by atoms with van der Waals surface area (Å²) in [6, 6.07) is 12.4. The predicted molar refractivity (Wildman–Crippen MR) is 107 cm³/mol. The number of nitrogens with one attached hydrogen (secondary N) is 2. The largest absolute Gasteiger partial charge is 0.349 e. The first-order chi connectivity index (χ1) is 13.1. The number of hydrogen-bond acceptors (Lipinski definition) is 4. The van der Waals surface area contributed by atoms with Gasteiger partial charge in [0.2, 0.25) is 0 Å². The lowest BCUT2D eigenvalue weighted by Crippen LogP contribution is -2.39. The van der Waals surface area contributed by atoms with Crippen LogP contribution in [-0.2, 0) is 4.79 Å². The van der Waals surface area contributed by atoms with Crippen LogP contribution in [0.15, 0.2) is 60.6 Å². The Bertz CT molecular complexity index is 756. The first kappa shape index (κ1) is 20.3. The Morgan fingerprint density at radius 2 is 1.81 bits per heavy atom. The molecule has 0 atom stereocenters. The van der Waals surface area contributed by atoms with Gasteiger partial charge in [0.25, 0.3) is 11.8 Å². The van der Waals surface area contributed by atoms with Gasteiger partial charge in [-0.25, -0.2) is 0 Å². The first-order valence-corrected chi connectivity index (χ1v) is 9.12. The molecule has 2 N–H and O–H groups in total. The molecule has 0 saturated heterocycles. The normalized spacial score (nSPS) is 11.3. The highest BCUT2D eigenvalue weighted by Gasteiger charge is 2.14. The predicted octanol–water partition coefficient (Wildman–Crippen LogP) is 2.31. The molecule has 0 saturated carbocycles. The fourth-order valence-corrected chi connectivity index (χ4v) is 2.53. The SMILES string of the molecule is CCN(CC)CCNC(=O)/C(=C/c1cccnc1)NC(=O)c1ccccc1. The Labute approximate surface area is 160 Å². The molecule has 0 bridgehead atoms. The minimum Gasteiger partial charge on any atom is -0.349 e. The van der Waals surface area contributed by atoms with Crippen LogP contribution in [0, 0.1) is 0 Å². The van der Waals surface area contributed by atoms with E-state index in [4.69, 9.17) is 0 Å². The molecule has 1 aromatic carbocycles. The van der Waals surface area contributed by atoms with Gasteiger partial charge < -0.3 is 15.5 Å². The van der Waals surface area contributed by atoms with Gasteiger partial charge >= 0.3 is 0 Å². The molecule has 6 nitrogen and oxygen atoms in total. The van der Waals surface area contributed by atoms with Crippen LogP contribution in [0.3, 0.4) is 0 Å². The number of rotatable bonds is 9. The summed E-state index contributed by atoms with van der Waals surface area (Å²) in [5.41, 5.74) is 1.42. The molecule has 0 aliphatic heterocycles. The molecular formula is C21H26N4O2. The highest BCUT2D eigenvalue weighted by Crippen LogP contribution is 2.06. The lowest BCUT2D eigenvalue weighted by Gasteiger charge is -2.18. The average Bonchev–Trinajstić information content (AvgIpc) is 2.72. The van der Waals surface area contributed by atoms with Gasteiger partial charge in [0, 0.05) is 31.0 Å². The third kappa shape index (κ3) is 6.67. The van der Waals surface area contributed by atoms with Gasteiger partial charge in [0.1, 0.15) is 5.70 Å². The minimum atomic E-state index is -0.329. The molecule has 1 heterocycles. The van der Waals surface area contributed by atoms with E-state index in [1.807, 2.05) is 12.1 Å². The van der Waals surface area contributed by atoms with Crippen LogP contribution >= 0.6 is 0 Å². The number of hydrogen-bond donors (Lipinski definition) is 2. The zero-order chi connectivity index (χ0) is 19.5. The summed E-state index contributed by atoms with van der Waals surface area (Å²) < 4.78 is 0. The number of likely N-dealkylation sites (N-methyl/N-ethyl adjacent to an activating group) is 1. The van der Waals surface area contributed by atoms with E-state index in [-0.39, 0.29) is 17.5 Å². The summed E-state index contributed by atoms with van der Waals surface area (Å²) in [6.45, 7) is 7.28. The molecule has 0 fully saturated rings. The maximum atomic E-state index is 12.6. The van der Waals surface area contributed by atoms with Crippen LogP contribution < -0.4 is 10.6 Å². The second-order valence-electron chi connectivity index (χ2n) is 5.95. The molecule has 2 amide bonds. The molecule has 0 spiro atoms. The lowest BCUT2D eigenvalue weighted by molar-refractivity contribution is -0.117. The van der Waals surface area contributed by atoms with Crippen molar-refractivity contribution < 1.29 is 9.59 Å². The van der Waals surface area contributed by atoms with Crippen molar-refractivity contribution in [2.45, 2.75) is 13.8 Å². The van der Waals surface area contributed by atoms with E-state index >= 15 is 0 Å². The van der Waals surface area contributed by atoms with Crippen molar-refractivity contribution in [2.24, 2.45) is 0 Å². The maximum Gasteiger partial charge on any atom is 0.267 e. The number of nitrogens with zero attached hydrogens (tertiary/aromatic N) is 2. The van der Waals surface area contributed by atoms with Gasteiger partial charge in [-0.15, -0.1) is 0 Å². The molecule has 142 valence electrons. The van der Waals surface area contributed by atoms with Gasteiger partial charge in [-0.3, -0.25) is 14.6 Å². The Morgan fingerprint density at radius 3 is 2.44 bits per heavy atom. The molecule has 2 aromatic rings. The quantitative estimate of drug-likeness (QED) is 0.668. The summed E-state index contributed by atoms with van der Waals surface area (Å²) in [5.74, 6) is -0.653. The molecule has 6 heteroatoms. The van der Waals surface area contributed by atoms with Crippen LogP contribution in [-0.4, -0.2) is 47.9 Å². The van der Waals surface area contributed by atoms with E-state index in [1.165, 1.54) is 0 Å². The Balaban J connectivity index is 2.11. The van der Waals surface area contributed by atoms with Gasteiger partial charge in [-0.1, -0.05) is 38.1 Å². The van der Waals surface area contributed by atoms with Crippen LogP contribution in [0.4, 0.5) is 0 Å². The first-order valence-electron chi connectivity index (χ1n) is 9.12. The Hall–Kier alpha value is -2.99. The van der Waals surface area contributed by atoms with E-state index in [2.05, 4.69) is 34.4 Å². The average molecular weight is 366 g/mol. The van der Waals surface area contributed by atoms with Crippen LogP contribution in [0.1, 0.15) is 29.8 Å². The second kappa shape index (κ2) is 10.9. The number of carbonyl (C=O) groups is 2. The summed E-state index contributed by atoms with van der Waals surface area (Å²) in [4.78, 5) is 31.4. The lowest BCUT2D eigenvalue weighted by atomic mass is 10.2. The van der Waals surface area contributed by atoms with Gasteiger partial charge in [0.15, 0.2) is 0 Å². The molecule has 2 rings (SSSR count).